The summed E-state index contributed by atoms with van der Waals surface area (Å²) in [7, 11) is 1.75. The molecule has 2 unspecified atom stereocenters. The third kappa shape index (κ3) is 4.34. The minimum absolute atomic E-state index is 0.0688. The smallest absolute Gasteiger partial charge is 0.141 e. The van der Waals surface area contributed by atoms with Crippen LogP contribution in [0.2, 0.25) is 0 Å². The zero-order chi connectivity index (χ0) is 15.6. The van der Waals surface area contributed by atoms with Gasteiger partial charge in [-0.2, -0.15) is 0 Å². The molecule has 1 aliphatic heterocycles. The van der Waals surface area contributed by atoms with Crippen LogP contribution in [0.25, 0.3) is 0 Å². The summed E-state index contributed by atoms with van der Waals surface area (Å²) >= 11 is 6.57. The number of halogens is 1. The number of hydrogen-bond donors (Lipinski definition) is 1. The van der Waals surface area contributed by atoms with E-state index in [0.717, 1.165) is 38.3 Å². The molecular formula is C15H27ClN4O. The van der Waals surface area contributed by atoms with Crippen LogP contribution < -0.4 is 5.73 Å². The van der Waals surface area contributed by atoms with Gasteiger partial charge in [0.2, 0.25) is 0 Å². The van der Waals surface area contributed by atoms with Gasteiger partial charge in [0.1, 0.15) is 11.6 Å². The van der Waals surface area contributed by atoms with Crippen molar-refractivity contribution < 1.29 is 4.74 Å². The number of aryl methyl sites for hydroxylation is 1. The standard InChI is InChI=1S/C15H27ClN4O/c1-11-18-14(17)9-20(11)8-12-5-6-19(13(16)7-12)10-15(2,3)21-4/h9,12-13H,5-8,10,17H2,1-4H3. The monoisotopic (exact) mass is 314 g/mol. The normalized spacial score (nSPS) is 24.4. The van der Waals surface area contributed by atoms with Crippen molar-refractivity contribution in [3.05, 3.63) is 12.0 Å². The molecule has 0 saturated carbocycles. The molecule has 1 aliphatic rings. The fourth-order valence-corrected chi connectivity index (χ4v) is 3.34. The lowest BCUT2D eigenvalue weighted by molar-refractivity contribution is -0.0201. The van der Waals surface area contributed by atoms with Crippen LogP contribution in [0.1, 0.15) is 32.5 Å². The highest BCUT2D eigenvalue weighted by atomic mass is 35.5. The zero-order valence-corrected chi connectivity index (χ0v) is 14.2. The molecule has 0 bridgehead atoms. The van der Waals surface area contributed by atoms with Gasteiger partial charge in [0.05, 0.1) is 11.1 Å². The molecular weight excluding hydrogens is 288 g/mol. The van der Waals surface area contributed by atoms with Gasteiger partial charge in [-0.1, -0.05) is 0 Å². The predicted molar refractivity (Wildman–Crippen MR) is 86.4 cm³/mol. The lowest BCUT2D eigenvalue weighted by Crippen LogP contribution is -2.47. The second-order valence-corrected chi connectivity index (χ2v) is 7.13. The molecule has 2 heterocycles. The van der Waals surface area contributed by atoms with E-state index < -0.39 is 0 Å². The number of nitrogen functional groups attached to an aromatic ring is 1. The van der Waals surface area contributed by atoms with Gasteiger partial charge in [0.15, 0.2) is 0 Å². The Morgan fingerprint density at radius 2 is 2.24 bits per heavy atom. The second-order valence-electron chi connectivity index (χ2n) is 6.62. The van der Waals surface area contributed by atoms with Crippen LogP contribution in [0, 0.1) is 12.8 Å². The van der Waals surface area contributed by atoms with Crippen LogP contribution in [-0.4, -0.2) is 45.8 Å². The number of nitrogens with two attached hydrogens (primary N) is 1. The number of imidazole rings is 1. The summed E-state index contributed by atoms with van der Waals surface area (Å²) < 4.78 is 7.64. The maximum Gasteiger partial charge on any atom is 0.141 e. The highest BCUT2D eigenvalue weighted by Gasteiger charge is 2.31. The lowest BCUT2D eigenvalue weighted by Gasteiger charge is -2.40. The summed E-state index contributed by atoms with van der Waals surface area (Å²) in [5.41, 5.74) is 5.65. The van der Waals surface area contributed by atoms with Crippen LogP contribution in [0.15, 0.2) is 6.20 Å². The number of hydrogen-bond acceptors (Lipinski definition) is 4. The van der Waals surface area contributed by atoms with Crippen molar-refractivity contribution in [3.63, 3.8) is 0 Å². The van der Waals surface area contributed by atoms with Gasteiger partial charge in [-0.15, -0.1) is 11.6 Å². The Hall–Kier alpha value is -0.780. The topological polar surface area (TPSA) is 56.3 Å². The molecule has 6 heteroatoms. The Kier molecular flexibility index (Phi) is 5.17. The van der Waals surface area contributed by atoms with Crippen LogP contribution >= 0.6 is 11.6 Å². The molecule has 2 rings (SSSR count). The minimum atomic E-state index is -0.157. The van der Waals surface area contributed by atoms with E-state index in [-0.39, 0.29) is 11.1 Å². The number of nitrogens with zero attached hydrogens (tertiary/aromatic N) is 3. The van der Waals surface area contributed by atoms with Crippen molar-refractivity contribution >= 4 is 17.4 Å². The number of piperidine rings is 1. The van der Waals surface area contributed by atoms with E-state index in [2.05, 4.69) is 28.3 Å². The average Bonchev–Trinajstić information content (AvgIpc) is 2.71. The first-order valence-electron chi connectivity index (χ1n) is 7.53. The third-order valence-corrected chi connectivity index (χ3v) is 4.79. The SMILES string of the molecule is COC(C)(C)CN1CCC(Cn2cc(N)nc2C)CC1Cl. The number of rotatable bonds is 5. The first-order valence-corrected chi connectivity index (χ1v) is 7.97. The van der Waals surface area contributed by atoms with Crippen molar-refractivity contribution in [2.75, 3.05) is 25.9 Å². The van der Waals surface area contributed by atoms with Gasteiger partial charge in [0.25, 0.3) is 0 Å². The number of anilines is 1. The quantitative estimate of drug-likeness (QED) is 0.670. The van der Waals surface area contributed by atoms with Crippen molar-refractivity contribution in [2.45, 2.75) is 51.3 Å². The molecule has 1 fully saturated rings. The molecule has 0 spiro atoms. The summed E-state index contributed by atoms with van der Waals surface area (Å²) in [5.74, 6) is 2.14. The second kappa shape index (κ2) is 6.55. The van der Waals surface area contributed by atoms with E-state index in [9.17, 15) is 0 Å². The van der Waals surface area contributed by atoms with Gasteiger partial charge in [-0.25, -0.2) is 4.98 Å². The first kappa shape index (κ1) is 16.6. The molecule has 0 aromatic carbocycles. The molecule has 0 aliphatic carbocycles. The minimum Gasteiger partial charge on any atom is -0.382 e. The van der Waals surface area contributed by atoms with Crippen LogP contribution in [0.5, 0.6) is 0 Å². The van der Waals surface area contributed by atoms with Gasteiger partial charge in [0, 0.05) is 26.4 Å². The molecule has 0 amide bonds. The van der Waals surface area contributed by atoms with Crippen LogP contribution in [0.3, 0.4) is 0 Å². The molecule has 1 aromatic heterocycles. The molecule has 5 nitrogen and oxygen atoms in total. The predicted octanol–water partition coefficient (Wildman–Crippen LogP) is 2.48. The molecule has 0 radical (unpaired) electrons. The highest BCUT2D eigenvalue weighted by molar-refractivity contribution is 6.20. The molecule has 120 valence electrons. The molecule has 1 aromatic rings. The fourth-order valence-electron chi connectivity index (χ4n) is 2.92. The Labute approximate surface area is 132 Å². The molecule has 2 N–H and O–H groups in total. The van der Waals surface area contributed by atoms with Crippen molar-refractivity contribution in [2.24, 2.45) is 5.92 Å². The summed E-state index contributed by atoms with van der Waals surface area (Å²) in [6.07, 6.45) is 4.04. The number of aromatic nitrogens is 2. The van der Waals surface area contributed by atoms with Crippen molar-refractivity contribution in [1.82, 2.24) is 14.5 Å². The Morgan fingerprint density at radius 1 is 1.52 bits per heavy atom. The van der Waals surface area contributed by atoms with Crippen molar-refractivity contribution in [3.8, 4) is 0 Å². The Bertz CT molecular complexity index is 474. The van der Waals surface area contributed by atoms with Gasteiger partial charge in [-0.3, -0.25) is 4.90 Å². The lowest BCUT2D eigenvalue weighted by atomic mass is 9.95. The summed E-state index contributed by atoms with van der Waals surface area (Å²) in [6.45, 7) is 9.00. The maximum absolute atomic E-state index is 6.57. The van der Waals surface area contributed by atoms with E-state index in [0.29, 0.717) is 11.7 Å². The fraction of sp³-hybridized carbons (Fsp3) is 0.800. The average molecular weight is 315 g/mol. The summed E-state index contributed by atoms with van der Waals surface area (Å²) in [4.78, 5) is 6.57. The van der Waals surface area contributed by atoms with E-state index in [1.807, 2.05) is 13.1 Å². The molecule has 1 saturated heterocycles. The maximum atomic E-state index is 6.57. The van der Waals surface area contributed by atoms with Gasteiger partial charge < -0.3 is 15.0 Å². The van der Waals surface area contributed by atoms with E-state index in [1.54, 1.807) is 7.11 Å². The largest absolute Gasteiger partial charge is 0.382 e. The van der Waals surface area contributed by atoms with Gasteiger partial charge in [-0.05, 0) is 46.1 Å². The summed E-state index contributed by atoms with van der Waals surface area (Å²) in [6, 6.07) is 0. The van der Waals surface area contributed by atoms with Crippen molar-refractivity contribution in [1.29, 1.82) is 0 Å². The van der Waals surface area contributed by atoms with Crippen LogP contribution in [-0.2, 0) is 11.3 Å². The van der Waals surface area contributed by atoms with Gasteiger partial charge >= 0.3 is 0 Å². The Morgan fingerprint density at radius 3 is 2.76 bits per heavy atom. The highest BCUT2D eigenvalue weighted by Crippen LogP contribution is 2.28. The van der Waals surface area contributed by atoms with E-state index in [1.165, 1.54) is 0 Å². The number of alkyl halides is 1. The zero-order valence-electron chi connectivity index (χ0n) is 13.5. The van der Waals surface area contributed by atoms with E-state index >= 15 is 0 Å². The summed E-state index contributed by atoms with van der Waals surface area (Å²) in [5, 5.41) is 0. The van der Waals surface area contributed by atoms with E-state index in [4.69, 9.17) is 22.1 Å². The number of ether oxygens (including phenoxy) is 1. The number of likely N-dealkylation sites (tertiary alicyclic amines) is 1. The number of methoxy groups -OCH3 is 1. The molecule has 21 heavy (non-hydrogen) atoms. The van der Waals surface area contributed by atoms with Crippen LogP contribution in [0.4, 0.5) is 5.82 Å². The Balaban J connectivity index is 1.90. The first-order chi connectivity index (χ1) is 9.80. The molecule has 2 atom stereocenters. The third-order valence-electron chi connectivity index (χ3n) is 4.33.